The lowest BCUT2D eigenvalue weighted by molar-refractivity contribution is -0.154. The number of carbonyl (C=O) groups excluding carboxylic acids is 1. The first-order valence-electron chi connectivity index (χ1n) is 8.60. The van der Waals surface area contributed by atoms with Crippen LogP contribution in [0, 0.1) is 5.92 Å². The summed E-state index contributed by atoms with van der Waals surface area (Å²) in [6, 6.07) is 22.1. The molecular formula is C22H20O3. The van der Waals surface area contributed by atoms with E-state index in [0.29, 0.717) is 12.5 Å². The molecule has 1 saturated carbocycles. The number of carbonyl (C=O) groups is 1. The topological polar surface area (TPSA) is 39.4 Å². The Bertz CT molecular complexity index is 809. The van der Waals surface area contributed by atoms with Crippen LogP contribution >= 0.6 is 0 Å². The minimum atomic E-state index is -0.123. The normalized spacial score (nSPS) is 22.2. The van der Waals surface area contributed by atoms with Crippen molar-refractivity contribution in [1.82, 2.24) is 0 Å². The Morgan fingerprint density at radius 1 is 0.960 bits per heavy atom. The minimum absolute atomic E-state index is 0.115. The van der Waals surface area contributed by atoms with Crippen LogP contribution in [0.1, 0.15) is 34.9 Å². The van der Waals surface area contributed by atoms with Gasteiger partial charge in [-0.25, -0.2) is 0 Å². The first kappa shape index (κ1) is 15.7. The smallest absolute Gasteiger partial charge is 0.309 e. The van der Waals surface area contributed by atoms with Gasteiger partial charge in [-0.05, 0) is 35.1 Å². The van der Waals surface area contributed by atoms with Crippen LogP contribution in [0.5, 0.6) is 0 Å². The summed E-state index contributed by atoms with van der Waals surface area (Å²) in [7, 11) is 0. The summed E-state index contributed by atoms with van der Waals surface area (Å²) >= 11 is 0. The molecule has 1 aromatic heterocycles. The van der Waals surface area contributed by atoms with E-state index < -0.39 is 0 Å². The molecule has 1 heterocycles. The third kappa shape index (κ3) is 3.22. The van der Waals surface area contributed by atoms with Crippen LogP contribution in [0.3, 0.4) is 0 Å². The van der Waals surface area contributed by atoms with E-state index in [1.165, 1.54) is 5.56 Å². The molecule has 1 aliphatic rings. The van der Waals surface area contributed by atoms with Gasteiger partial charge >= 0.3 is 5.97 Å². The molecule has 0 spiro atoms. The van der Waals surface area contributed by atoms with Gasteiger partial charge in [-0.2, -0.15) is 0 Å². The number of hydrogen-bond acceptors (Lipinski definition) is 3. The van der Waals surface area contributed by atoms with Crippen LogP contribution in [-0.4, -0.2) is 5.97 Å². The van der Waals surface area contributed by atoms with E-state index >= 15 is 0 Å². The zero-order valence-electron chi connectivity index (χ0n) is 13.9. The monoisotopic (exact) mass is 332 g/mol. The molecule has 25 heavy (non-hydrogen) atoms. The molecule has 0 N–H and O–H groups in total. The van der Waals surface area contributed by atoms with Crippen molar-refractivity contribution < 1.29 is 13.9 Å². The molecule has 0 aliphatic heterocycles. The Hall–Kier alpha value is -2.81. The second kappa shape index (κ2) is 6.98. The van der Waals surface area contributed by atoms with E-state index in [1.807, 2.05) is 54.6 Å². The third-order valence-corrected chi connectivity index (χ3v) is 5.06. The summed E-state index contributed by atoms with van der Waals surface area (Å²) in [6.45, 7) is 0.324. The molecule has 0 amide bonds. The molecule has 1 fully saturated rings. The van der Waals surface area contributed by atoms with Crippen molar-refractivity contribution in [3.8, 4) is 0 Å². The zero-order valence-corrected chi connectivity index (χ0v) is 13.9. The highest BCUT2D eigenvalue weighted by molar-refractivity contribution is 5.76. The summed E-state index contributed by atoms with van der Waals surface area (Å²) in [5.74, 6) is 0.200. The van der Waals surface area contributed by atoms with Gasteiger partial charge in [0, 0.05) is 5.92 Å². The van der Waals surface area contributed by atoms with E-state index in [1.54, 1.807) is 12.5 Å². The van der Waals surface area contributed by atoms with Gasteiger partial charge in [0.15, 0.2) is 0 Å². The van der Waals surface area contributed by atoms with E-state index in [9.17, 15) is 4.79 Å². The molecule has 126 valence electrons. The predicted molar refractivity (Wildman–Crippen MR) is 95.0 cm³/mol. The molecule has 0 radical (unpaired) electrons. The first-order valence-corrected chi connectivity index (χ1v) is 8.60. The summed E-state index contributed by atoms with van der Waals surface area (Å²) in [6.07, 6.45) is 4.23. The van der Waals surface area contributed by atoms with Crippen molar-refractivity contribution in [2.45, 2.75) is 24.9 Å². The molecule has 0 saturated heterocycles. The summed E-state index contributed by atoms with van der Waals surface area (Å²) < 4.78 is 10.8. The Kier molecular flexibility index (Phi) is 4.38. The highest BCUT2D eigenvalue weighted by atomic mass is 16.5. The molecule has 3 aromatic rings. The fraction of sp³-hybridized carbons (Fsp3) is 0.227. The number of esters is 1. The van der Waals surface area contributed by atoms with Crippen molar-refractivity contribution in [3.63, 3.8) is 0 Å². The summed E-state index contributed by atoms with van der Waals surface area (Å²) in [5, 5.41) is 0. The van der Waals surface area contributed by atoms with Gasteiger partial charge in [0.25, 0.3) is 0 Å². The second-order valence-electron chi connectivity index (χ2n) is 6.54. The van der Waals surface area contributed by atoms with E-state index in [4.69, 9.17) is 9.15 Å². The number of hydrogen-bond donors (Lipinski definition) is 0. The van der Waals surface area contributed by atoms with E-state index in [0.717, 1.165) is 17.5 Å². The van der Waals surface area contributed by atoms with Gasteiger partial charge in [0.05, 0.1) is 18.4 Å². The third-order valence-electron chi connectivity index (χ3n) is 5.06. The van der Waals surface area contributed by atoms with Crippen molar-refractivity contribution >= 4 is 5.97 Å². The molecule has 3 atom stereocenters. The number of rotatable bonds is 5. The maximum Gasteiger partial charge on any atom is 0.309 e. The van der Waals surface area contributed by atoms with Crippen LogP contribution in [-0.2, 0) is 16.1 Å². The highest BCUT2D eigenvalue weighted by Gasteiger charge is 2.47. The van der Waals surface area contributed by atoms with Crippen LogP contribution in [0.4, 0.5) is 0 Å². The average Bonchev–Trinajstić information content (AvgIpc) is 3.15. The van der Waals surface area contributed by atoms with Gasteiger partial charge in [-0.1, -0.05) is 60.7 Å². The van der Waals surface area contributed by atoms with E-state index in [2.05, 4.69) is 12.1 Å². The maximum absolute atomic E-state index is 12.6. The second-order valence-corrected chi connectivity index (χ2v) is 6.54. The van der Waals surface area contributed by atoms with Gasteiger partial charge in [-0.15, -0.1) is 0 Å². The lowest BCUT2D eigenvalue weighted by Crippen LogP contribution is -2.39. The molecule has 3 nitrogen and oxygen atoms in total. The molecule has 4 rings (SSSR count). The highest BCUT2D eigenvalue weighted by Crippen LogP contribution is 2.54. The Morgan fingerprint density at radius 3 is 2.36 bits per heavy atom. The van der Waals surface area contributed by atoms with Crippen molar-refractivity contribution in [2.24, 2.45) is 5.92 Å². The van der Waals surface area contributed by atoms with Gasteiger partial charge in [0.2, 0.25) is 0 Å². The van der Waals surface area contributed by atoms with Crippen LogP contribution in [0.25, 0.3) is 0 Å². The molecule has 0 bridgehead atoms. The maximum atomic E-state index is 12.6. The number of furan rings is 1. The Balaban J connectivity index is 1.48. The lowest BCUT2D eigenvalue weighted by atomic mass is 9.60. The number of ether oxygens (including phenoxy) is 1. The zero-order chi connectivity index (χ0) is 17.1. The van der Waals surface area contributed by atoms with Crippen LogP contribution < -0.4 is 0 Å². The molecule has 3 heteroatoms. The largest absolute Gasteiger partial charge is 0.472 e. The Morgan fingerprint density at radius 2 is 1.68 bits per heavy atom. The molecule has 1 aliphatic carbocycles. The minimum Gasteiger partial charge on any atom is -0.472 e. The van der Waals surface area contributed by atoms with Crippen molar-refractivity contribution in [2.75, 3.05) is 0 Å². The van der Waals surface area contributed by atoms with Gasteiger partial charge in [0.1, 0.15) is 6.61 Å². The molecular weight excluding hydrogens is 312 g/mol. The van der Waals surface area contributed by atoms with Crippen LogP contribution in [0.15, 0.2) is 83.7 Å². The predicted octanol–water partition coefficient (Wildman–Crippen LogP) is 4.91. The van der Waals surface area contributed by atoms with E-state index in [-0.39, 0.29) is 17.8 Å². The quantitative estimate of drug-likeness (QED) is 0.623. The molecule has 2 aromatic carbocycles. The number of benzene rings is 2. The first-order chi connectivity index (χ1) is 12.3. The SMILES string of the molecule is O=C(OCc1ccccc1)[C@@H]1CC(c2ccccc2)[C@H]1c1ccoc1. The fourth-order valence-corrected chi connectivity index (χ4v) is 3.70. The Labute approximate surface area is 147 Å². The lowest BCUT2D eigenvalue weighted by Gasteiger charge is -2.43. The van der Waals surface area contributed by atoms with Crippen molar-refractivity contribution in [1.29, 1.82) is 0 Å². The summed E-state index contributed by atoms with van der Waals surface area (Å²) in [5.41, 5.74) is 3.34. The standard InChI is InChI=1S/C22H20O3/c23-22(25-14-16-7-3-1-4-8-16)20-13-19(17-9-5-2-6-10-17)21(20)18-11-12-24-15-18/h1-12,15,19-21H,13-14H2/t19?,20-,21-/m1/s1. The van der Waals surface area contributed by atoms with Gasteiger partial charge < -0.3 is 9.15 Å². The van der Waals surface area contributed by atoms with Crippen LogP contribution in [0.2, 0.25) is 0 Å². The fourth-order valence-electron chi connectivity index (χ4n) is 3.70. The average molecular weight is 332 g/mol. The molecule has 1 unspecified atom stereocenters. The summed E-state index contributed by atoms with van der Waals surface area (Å²) in [4.78, 5) is 12.6. The van der Waals surface area contributed by atoms with Gasteiger partial charge in [-0.3, -0.25) is 4.79 Å². The van der Waals surface area contributed by atoms with Crippen molar-refractivity contribution in [3.05, 3.63) is 95.9 Å².